The van der Waals surface area contributed by atoms with Gasteiger partial charge in [0.1, 0.15) is 5.75 Å². The average Bonchev–Trinajstić information content (AvgIpc) is 2.44. The number of hydrogen-bond acceptors (Lipinski definition) is 4. The van der Waals surface area contributed by atoms with Crippen LogP contribution in [0.2, 0.25) is 0 Å². The summed E-state index contributed by atoms with van der Waals surface area (Å²) in [5, 5.41) is 0. The highest BCUT2D eigenvalue weighted by Crippen LogP contribution is 2.28. The van der Waals surface area contributed by atoms with E-state index in [0.29, 0.717) is 6.04 Å². The van der Waals surface area contributed by atoms with Crippen LogP contribution in [-0.4, -0.2) is 43.1 Å². The normalized spacial score (nSPS) is 15.9. The zero-order valence-electron chi connectivity index (χ0n) is 13.3. The van der Waals surface area contributed by atoms with Gasteiger partial charge in [0.05, 0.1) is 7.11 Å². The lowest BCUT2D eigenvalue weighted by atomic mass is 9.97. The maximum absolute atomic E-state index is 6.26. The molecule has 20 heavy (non-hydrogen) atoms. The van der Waals surface area contributed by atoms with Crippen molar-refractivity contribution < 1.29 is 4.74 Å². The van der Waals surface area contributed by atoms with Gasteiger partial charge in [0.25, 0.3) is 0 Å². The van der Waals surface area contributed by atoms with Crippen molar-refractivity contribution in [1.82, 2.24) is 4.90 Å². The third-order valence-electron chi connectivity index (χ3n) is 3.78. The van der Waals surface area contributed by atoms with Crippen LogP contribution in [0.1, 0.15) is 31.9 Å². The first kappa shape index (κ1) is 17.3. The van der Waals surface area contributed by atoms with Gasteiger partial charge in [-0.1, -0.05) is 19.1 Å². The lowest BCUT2D eigenvalue weighted by Crippen LogP contribution is -2.43. The van der Waals surface area contributed by atoms with Gasteiger partial charge in [-0.2, -0.15) is 11.8 Å². The molecule has 1 rings (SSSR count). The van der Waals surface area contributed by atoms with E-state index < -0.39 is 0 Å². The minimum absolute atomic E-state index is 0.0722. The van der Waals surface area contributed by atoms with Gasteiger partial charge < -0.3 is 10.5 Å². The largest absolute Gasteiger partial charge is 0.497 e. The van der Waals surface area contributed by atoms with E-state index in [1.165, 1.54) is 5.56 Å². The predicted octanol–water partition coefficient (Wildman–Crippen LogP) is 3.16. The number of nitrogens with two attached hydrogens (primary N) is 1. The van der Waals surface area contributed by atoms with E-state index in [1.807, 2.05) is 23.9 Å². The molecule has 0 spiro atoms. The van der Waals surface area contributed by atoms with Gasteiger partial charge in [-0.05, 0) is 44.3 Å². The van der Waals surface area contributed by atoms with Crippen molar-refractivity contribution in [2.24, 2.45) is 5.73 Å². The van der Waals surface area contributed by atoms with Crippen LogP contribution >= 0.6 is 11.8 Å². The average molecular weight is 296 g/mol. The van der Waals surface area contributed by atoms with E-state index in [2.05, 4.69) is 44.2 Å². The highest BCUT2D eigenvalue weighted by Gasteiger charge is 2.26. The Morgan fingerprint density at radius 2 is 2.10 bits per heavy atom. The first-order valence-corrected chi connectivity index (χ1v) is 8.54. The van der Waals surface area contributed by atoms with Crippen LogP contribution in [0.15, 0.2) is 24.3 Å². The number of methoxy groups -OCH3 is 1. The zero-order valence-corrected chi connectivity index (χ0v) is 14.1. The third-order valence-corrected chi connectivity index (χ3v) is 4.50. The maximum atomic E-state index is 6.26. The highest BCUT2D eigenvalue weighted by atomic mass is 32.2. The fourth-order valence-corrected chi connectivity index (χ4v) is 3.53. The minimum atomic E-state index is 0.0722. The molecule has 114 valence electrons. The molecule has 0 aliphatic heterocycles. The number of likely N-dealkylation sites (N-methyl/N-ethyl adjacent to an activating group) is 1. The topological polar surface area (TPSA) is 38.5 Å². The van der Waals surface area contributed by atoms with Gasteiger partial charge in [0.15, 0.2) is 0 Å². The van der Waals surface area contributed by atoms with Crippen LogP contribution in [-0.2, 0) is 0 Å². The molecule has 0 heterocycles. The predicted molar refractivity (Wildman–Crippen MR) is 89.6 cm³/mol. The second-order valence-electron chi connectivity index (χ2n) is 5.26. The molecule has 0 aliphatic rings. The molecule has 0 saturated carbocycles. The van der Waals surface area contributed by atoms with E-state index in [9.17, 15) is 0 Å². The fourth-order valence-electron chi connectivity index (χ4n) is 2.68. The number of ether oxygens (including phenoxy) is 1. The van der Waals surface area contributed by atoms with Crippen LogP contribution in [0.4, 0.5) is 0 Å². The number of hydrogen-bond donors (Lipinski definition) is 1. The fraction of sp³-hybridized carbons (Fsp3) is 0.625. The van der Waals surface area contributed by atoms with E-state index in [1.54, 1.807) is 7.11 Å². The van der Waals surface area contributed by atoms with Crippen molar-refractivity contribution in [1.29, 1.82) is 0 Å². The van der Waals surface area contributed by atoms with Crippen molar-refractivity contribution in [3.8, 4) is 5.75 Å². The molecule has 3 atom stereocenters. The molecule has 1 aromatic carbocycles. The van der Waals surface area contributed by atoms with Crippen molar-refractivity contribution in [2.75, 3.05) is 26.2 Å². The smallest absolute Gasteiger partial charge is 0.119 e. The van der Waals surface area contributed by atoms with E-state index in [0.717, 1.165) is 17.9 Å². The summed E-state index contributed by atoms with van der Waals surface area (Å²) in [4.78, 5) is 2.41. The summed E-state index contributed by atoms with van der Waals surface area (Å²) < 4.78 is 5.34. The SMILES string of the molecule is CCC(CSC)N(C)C(c1cccc(OC)c1)C(C)N. The lowest BCUT2D eigenvalue weighted by Gasteiger charge is -2.37. The summed E-state index contributed by atoms with van der Waals surface area (Å²) in [7, 11) is 3.88. The third kappa shape index (κ3) is 4.40. The first-order valence-electron chi connectivity index (χ1n) is 7.15. The molecule has 0 bridgehead atoms. The standard InChI is InChI=1S/C16H28N2OS/c1-6-14(11-20-5)18(3)16(12(2)17)13-8-7-9-15(10-13)19-4/h7-10,12,14,16H,6,11,17H2,1-5H3. The van der Waals surface area contributed by atoms with E-state index in [4.69, 9.17) is 10.5 Å². The van der Waals surface area contributed by atoms with Gasteiger partial charge in [-0.25, -0.2) is 0 Å². The van der Waals surface area contributed by atoms with Crippen LogP contribution in [0, 0.1) is 0 Å². The molecule has 0 aliphatic carbocycles. The van der Waals surface area contributed by atoms with Gasteiger partial charge in [-0.15, -0.1) is 0 Å². The van der Waals surface area contributed by atoms with Crippen LogP contribution in [0.5, 0.6) is 5.75 Å². The number of thioether (sulfide) groups is 1. The summed E-state index contributed by atoms with van der Waals surface area (Å²) in [6.07, 6.45) is 3.29. The van der Waals surface area contributed by atoms with Crippen LogP contribution < -0.4 is 10.5 Å². The Morgan fingerprint density at radius 3 is 2.60 bits per heavy atom. The highest BCUT2D eigenvalue weighted by molar-refractivity contribution is 7.98. The Kier molecular flexibility index (Phi) is 7.41. The summed E-state index contributed by atoms with van der Waals surface area (Å²) in [5.41, 5.74) is 7.48. The molecule has 0 aromatic heterocycles. The quantitative estimate of drug-likeness (QED) is 0.800. The Morgan fingerprint density at radius 1 is 1.40 bits per heavy atom. The molecular formula is C16H28N2OS. The molecule has 4 heteroatoms. The van der Waals surface area contributed by atoms with Crippen LogP contribution in [0.3, 0.4) is 0 Å². The molecule has 2 N–H and O–H groups in total. The van der Waals surface area contributed by atoms with Gasteiger partial charge >= 0.3 is 0 Å². The van der Waals surface area contributed by atoms with Gasteiger partial charge in [-0.3, -0.25) is 4.90 Å². The molecule has 0 saturated heterocycles. The van der Waals surface area contributed by atoms with Crippen molar-refractivity contribution in [2.45, 2.75) is 38.4 Å². The molecule has 0 fully saturated rings. The second-order valence-corrected chi connectivity index (χ2v) is 6.17. The van der Waals surface area contributed by atoms with E-state index in [-0.39, 0.29) is 12.1 Å². The Hall–Kier alpha value is -0.710. The summed E-state index contributed by atoms with van der Waals surface area (Å²) >= 11 is 1.89. The Bertz CT molecular complexity index is 398. The van der Waals surface area contributed by atoms with Crippen molar-refractivity contribution in [3.05, 3.63) is 29.8 Å². The molecule has 0 radical (unpaired) electrons. The molecule has 0 amide bonds. The number of benzene rings is 1. The molecule has 3 unspecified atom stereocenters. The van der Waals surface area contributed by atoms with Crippen LogP contribution in [0.25, 0.3) is 0 Å². The number of rotatable bonds is 8. The Labute approximate surface area is 127 Å². The molecular weight excluding hydrogens is 268 g/mol. The van der Waals surface area contributed by atoms with Gasteiger partial charge in [0.2, 0.25) is 0 Å². The monoisotopic (exact) mass is 296 g/mol. The molecule has 1 aromatic rings. The Balaban J connectivity index is 3.03. The minimum Gasteiger partial charge on any atom is -0.497 e. The van der Waals surface area contributed by atoms with Gasteiger partial charge in [0, 0.05) is 23.9 Å². The maximum Gasteiger partial charge on any atom is 0.119 e. The second kappa shape index (κ2) is 8.55. The number of nitrogens with zero attached hydrogens (tertiary/aromatic N) is 1. The first-order chi connectivity index (χ1) is 9.54. The van der Waals surface area contributed by atoms with Crippen molar-refractivity contribution in [3.63, 3.8) is 0 Å². The van der Waals surface area contributed by atoms with E-state index >= 15 is 0 Å². The summed E-state index contributed by atoms with van der Waals surface area (Å²) in [6, 6.07) is 9.06. The van der Waals surface area contributed by atoms with Crippen molar-refractivity contribution >= 4 is 11.8 Å². The zero-order chi connectivity index (χ0) is 15.1. The summed E-state index contributed by atoms with van der Waals surface area (Å²) in [6.45, 7) is 4.31. The lowest BCUT2D eigenvalue weighted by molar-refractivity contribution is 0.164. The summed E-state index contributed by atoms with van der Waals surface area (Å²) in [5.74, 6) is 2.01. The molecule has 3 nitrogen and oxygen atoms in total.